The van der Waals surface area contributed by atoms with Crippen LogP contribution in [0.5, 0.6) is 5.75 Å². The zero-order valence-electron chi connectivity index (χ0n) is 10.8. The predicted molar refractivity (Wildman–Crippen MR) is 70.4 cm³/mol. The number of nitrogens with zero attached hydrogens (tertiary/aromatic N) is 1. The van der Waals surface area contributed by atoms with Gasteiger partial charge < -0.3 is 10.5 Å². The van der Waals surface area contributed by atoms with E-state index in [0.717, 1.165) is 5.56 Å². The lowest BCUT2D eigenvalue weighted by molar-refractivity contribution is -0.148. The molecule has 1 aliphatic rings. The van der Waals surface area contributed by atoms with Crippen molar-refractivity contribution in [2.24, 2.45) is 5.73 Å². The highest BCUT2D eigenvalue weighted by Gasteiger charge is 2.25. The number of likely N-dealkylation sites (tertiary alicyclic amines) is 1. The maximum Gasteiger partial charge on any atom is 0.229 e. The van der Waals surface area contributed by atoms with Crippen molar-refractivity contribution < 1.29 is 14.3 Å². The molecule has 0 spiro atoms. The first-order chi connectivity index (χ1) is 9.20. The summed E-state index contributed by atoms with van der Waals surface area (Å²) in [5.74, 6) is 0.519. The largest absolute Gasteiger partial charge is 0.492 e. The average Bonchev–Trinajstić information content (AvgIpc) is 2.43. The second kappa shape index (κ2) is 6.33. The summed E-state index contributed by atoms with van der Waals surface area (Å²) >= 11 is 0. The van der Waals surface area contributed by atoms with Gasteiger partial charge in [0.1, 0.15) is 12.4 Å². The van der Waals surface area contributed by atoms with E-state index in [1.165, 1.54) is 4.90 Å². The zero-order chi connectivity index (χ0) is 13.7. The fourth-order valence-electron chi connectivity index (χ4n) is 2.03. The van der Waals surface area contributed by atoms with Crippen molar-refractivity contribution >= 4 is 11.8 Å². The van der Waals surface area contributed by atoms with E-state index in [0.29, 0.717) is 44.7 Å². The number of carbonyl (C=O) groups is 2. The van der Waals surface area contributed by atoms with Crippen molar-refractivity contribution in [2.45, 2.75) is 25.8 Å². The Morgan fingerprint density at radius 3 is 2.32 bits per heavy atom. The van der Waals surface area contributed by atoms with Crippen molar-refractivity contribution in [3.63, 3.8) is 0 Å². The number of piperidine rings is 1. The fraction of sp³-hybridized carbons (Fsp3) is 0.429. The number of hydrogen-bond acceptors (Lipinski definition) is 4. The third kappa shape index (κ3) is 3.54. The van der Waals surface area contributed by atoms with E-state index in [-0.39, 0.29) is 11.8 Å². The molecule has 0 radical (unpaired) electrons. The SMILES string of the molecule is NCc1ccc(OCCN2C(=O)CCCC2=O)cc1. The topological polar surface area (TPSA) is 72.6 Å². The lowest BCUT2D eigenvalue weighted by Gasteiger charge is -2.24. The Morgan fingerprint density at radius 1 is 1.11 bits per heavy atom. The third-order valence-electron chi connectivity index (χ3n) is 3.13. The number of hydrogen-bond donors (Lipinski definition) is 1. The molecular weight excluding hydrogens is 244 g/mol. The van der Waals surface area contributed by atoms with Crippen molar-refractivity contribution in [1.82, 2.24) is 4.90 Å². The summed E-state index contributed by atoms with van der Waals surface area (Å²) in [7, 11) is 0. The van der Waals surface area contributed by atoms with Crippen molar-refractivity contribution in [3.05, 3.63) is 29.8 Å². The first-order valence-electron chi connectivity index (χ1n) is 6.45. The summed E-state index contributed by atoms with van der Waals surface area (Å²) in [6.07, 6.45) is 1.57. The standard InChI is InChI=1S/C14H18N2O3/c15-10-11-4-6-12(7-5-11)19-9-8-16-13(17)2-1-3-14(16)18/h4-7H,1-3,8-10,15H2. The van der Waals surface area contributed by atoms with Crippen LogP contribution in [0.15, 0.2) is 24.3 Å². The molecule has 5 heteroatoms. The molecule has 1 saturated heterocycles. The quantitative estimate of drug-likeness (QED) is 0.805. The number of amides is 2. The maximum atomic E-state index is 11.6. The summed E-state index contributed by atoms with van der Waals surface area (Å²) in [5.41, 5.74) is 6.54. The fourth-order valence-corrected chi connectivity index (χ4v) is 2.03. The van der Waals surface area contributed by atoms with Crippen LogP contribution in [0.25, 0.3) is 0 Å². The number of imide groups is 1. The van der Waals surface area contributed by atoms with Crippen molar-refractivity contribution in [1.29, 1.82) is 0 Å². The molecule has 1 fully saturated rings. The van der Waals surface area contributed by atoms with E-state index in [9.17, 15) is 9.59 Å². The molecule has 5 nitrogen and oxygen atoms in total. The smallest absolute Gasteiger partial charge is 0.229 e. The van der Waals surface area contributed by atoms with E-state index >= 15 is 0 Å². The summed E-state index contributed by atoms with van der Waals surface area (Å²) in [4.78, 5) is 24.4. The minimum absolute atomic E-state index is 0.0988. The molecule has 1 aliphatic heterocycles. The first-order valence-corrected chi connectivity index (χ1v) is 6.45. The molecule has 1 aromatic carbocycles. The molecule has 1 heterocycles. The highest BCUT2D eigenvalue weighted by molar-refractivity contribution is 5.97. The van der Waals surface area contributed by atoms with Crippen LogP contribution in [-0.4, -0.2) is 29.9 Å². The van der Waals surface area contributed by atoms with Gasteiger partial charge in [-0.2, -0.15) is 0 Å². The Balaban J connectivity index is 1.82. The van der Waals surface area contributed by atoms with Crippen LogP contribution >= 0.6 is 0 Å². The Labute approximate surface area is 112 Å². The van der Waals surface area contributed by atoms with Gasteiger partial charge in [0.25, 0.3) is 0 Å². The molecule has 2 amide bonds. The normalized spacial score (nSPS) is 15.7. The molecule has 102 valence electrons. The van der Waals surface area contributed by atoms with Gasteiger partial charge in [0, 0.05) is 19.4 Å². The summed E-state index contributed by atoms with van der Waals surface area (Å²) in [6.45, 7) is 1.13. The molecule has 0 atom stereocenters. The minimum atomic E-state index is -0.0988. The van der Waals surface area contributed by atoms with Gasteiger partial charge in [-0.3, -0.25) is 14.5 Å². The van der Waals surface area contributed by atoms with Gasteiger partial charge in [0.2, 0.25) is 11.8 Å². The maximum absolute atomic E-state index is 11.6. The Bertz CT molecular complexity index is 440. The molecular formula is C14H18N2O3. The van der Waals surface area contributed by atoms with Gasteiger partial charge >= 0.3 is 0 Å². The first kappa shape index (κ1) is 13.5. The lowest BCUT2D eigenvalue weighted by atomic mass is 10.1. The van der Waals surface area contributed by atoms with E-state index in [1.807, 2.05) is 24.3 Å². The number of carbonyl (C=O) groups excluding carboxylic acids is 2. The Morgan fingerprint density at radius 2 is 1.74 bits per heavy atom. The molecule has 19 heavy (non-hydrogen) atoms. The van der Waals surface area contributed by atoms with Crippen LogP contribution in [0.4, 0.5) is 0 Å². The van der Waals surface area contributed by atoms with Gasteiger partial charge in [-0.05, 0) is 24.1 Å². The third-order valence-corrected chi connectivity index (χ3v) is 3.13. The Kier molecular flexibility index (Phi) is 4.52. The zero-order valence-corrected chi connectivity index (χ0v) is 10.8. The summed E-state index contributed by atoms with van der Waals surface area (Å²) < 4.78 is 5.52. The monoisotopic (exact) mass is 262 g/mol. The van der Waals surface area contributed by atoms with Crippen LogP contribution in [-0.2, 0) is 16.1 Å². The number of nitrogens with two attached hydrogens (primary N) is 1. The average molecular weight is 262 g/mol. The highest BCUT2D eigenvalue weighted by Crippen LogP contribution is 2.14. The van der Waals surface area contributed by atoms with E-state index in [1.54, 1.807) is 0 Å². The molecule has 0 unspecified atom stereocenters. The Hall–Kier alpha value is -1.88. The highest BCUT2D eigenvalue weighted by atomic mass is 16.5. The summed E-state index contributed by atoms with van der Waals surface area (Å²) in [5, 5.41) is 0. The van der Waals surface area contributed by atoms with Crippen molar-refractivity contribution in [3.8, 4) is 5.75 Å². The number of ether oxygens (including phenoxy) is 1. The molecule has 2 N–H and O–H groups in total. The van der Waals surface area contributed by atoms with Gasteiger partial charge in [0.15, 0.2) is 0 Å². The van der Waals surface area contributed by atoms with Crippen molar-refractivity contribution in [2.75, 3.05) is 13.2 Å². The van der Waals surface area contributed by atoms with Gasteiger partial charge in [0.05, 0.1) is 6.54 Å². The van der Waals surface area contributed by atoms with Crippen LogP contribution < -0.4 is 10.5 Å². The summed E-state index contributed by atoms with van der Waals surface area (Å²) in [6, 6.07) is 7.46. The molecule has 2 rings (SSSR count). The molecule has 0 bridgehead atoms. The minimum Gasteiger partial charge on any atom is -0.492 e. The lowest BCUT2D eigenvalue weighted by Crippen LogP contribution is -2.42. The van der Waals surface area contributed by atoms with Crippen LogP contribution in [0.3, 0.4) is 0 Å². The van der Waals surface area contributed by atoms with Crippen LogP contribution in [0.1, 0.15) is 24.8 Å². The number of benzene rings is 1. The van der Waals surface area contributed by atoms with Gasteiger partial charge in [-0.1, -0.05) is 12.1 Å². The second-order valence-corrected chi connectivity index (χ2v) is 4.49. The van der Waals surface area contributed by atoms with E-state index < -0.39 is 0 Å². The van der Waals surface area contributed by atoms with Gasteiger partial charge in [-0.15, -0.1) is 0 Å². The molecule has 0 aromatic heterocycles. The molecule has 1 aromatic rings. The molecule has 0 saturated carbocycles. The predicted octanol–water partition coefficient (Wildman–Crippen LogP) is 1.06. The molecule has 0 aliphatic carbocycles. The number of rotatable bonds is 5. The van der Waals surface area contributed by atoms with E-state index in [4.69, 9.17) is 10.5 Å². The van der Waals surface area contributed by atoms with Crippen LogP contribution in [0, 0.1) is 0 Å². The van der Waals surface area contributed by atoms with Gasteiger partial charge in [-0.25, -0.2) is 0 Å². The van der Waals surface area contributed by atoms with Crippen LogP contribution in [0.2, 0.25) is 0 Å². The second-order valence-electron chi connectivity index (χ2n) is 4.49. The van der Waals surface area contributed by atoms with E-state index in [2.05, 4.69) is 0 Å².